The van der Waals surface area contributed by atoms with Crippen molar-refractivity contribution in [2.45, 2.75) is 52.1 Å². The molecule has 6 nitrogen and oxygen atoms in total. The quantitative estimate of drug-likeness (QED) is 0.835. The molecule has 0 spiro atoms. The number of hydrogen-bond donors (Lipinski definition) is 0. The summed E-state index contributed by atoms with van der Waals surface area (Å²) in [6.45, 7) is 4.46. The Hall–Kier alpha value is -1.37. The SMILES string of the molecule is Cc1nn([C@@H]2CCS(=O)(=O)C2)c(C)c1CN(C)C(=O)C1CCC1. The van der Waals surface area contributed by atoms with Gasteiger partial charge >= 0.3 is 0 Å². The highest BCUT2D eigenvalue weighted by Crippen LogP contribution is 2.30. The van der Waals surface area contributed by atoms with Crippen LogP contribution in [0.15, 0.2) is 0 Å². The van der Waals surface area contributed by atoms with Crippen molar-refractivity contribution in [1.29, 1.82) is 0 Å². The van der Waals surface area contributed by atoms with E-state index in [9.17, 15) is 13.2 Å². The summed E-state index contributed by atoms with van der Waals surface area (Å²) in [7, 11) is -1.09. The van der Waals surface area contributed by atoms with Gasteiger partial charge in [0.15, 0.2) is 9.84 Å². The van der Waals surface area contributed by atoms with Crippen LogP contribution in [0.3, 0.4) is 0 Å². The minimum Gasteiger partial charge on any atom is -0.341 e. The molecule has 1 saturated heterocycles. The van der Waals surface area contributed by atoms with E-state index in [-0.39, 0.29) is 29.4 Å². The number of rotatable bonds is 4. The molecule has 23 heavy (non-hydrogen) atoms. The van der Waals surface area contributed by atoms with Crippen LogP contribution < -0.4 is 0 Å². The number of nitrogens with zero attached hydrogens (tertiary/aromatic N) is 3. The third-order valence-electron chi connectivity index (χ3n) is 5.26. The molecule has 7 heteroatoms. The Kier molecular flexibility index (Phi) is 4.25. The number of sulfone groups is 1. The maximum absolute atomic E-state index is 12.3. The summed E-state index contributed by atoms with van der Waals surface area (Å²) >= 11 is 0. The van der Waals surface area contributed by atoms with Crippen LogP contribution in [0.5, 0.6) is 0 Å². The van der Waals surface area contributed by atoms with Gasteiger partial charge in [0.2, 0.25) is 5.91 Å². The lowest BCUT2D eigenvalue weighted by molar-refractivity contribution is -0.137. The zero-order valence-corrected chi connectivity index (χ0v) is 14.9. The number of aryl methyl sites for hydroxylation is 1. The highest BCUT2D eigenvalue weighted by atomic mass is 32.2. The van der Waals surface area contributed by atoms with Crippen LogP contribution in [0, 0.1) is 19.8 Å². The Morgan fingerprint density at radius 1 is 1.30 bits per heavy atom. The first-order chi connectivity index (χ1) is 10.8. The Balaban J connectivity index is 1.77. The lowest BCUT2D eigenvalue weighted by Gasteiger charge is -2.29. The molecule has 1 aliphatic heterocycles. The summed E-state index contributed by atoms with van der Waals surface area (Å²) < 4.78 is 25.3. The van der Waals surface area contributed by atoms with E-state index in [1.165, 1.54) is 0 Å². The summed E-state index contributed by atoms with van der Waals surface area (Å²) in [5.74, 6) is 0.818. The fourth-order valence-electron chi connectivity index (χ4n) is 3.53. The first-order valence-corrected chi connectivity index (χ1v) is 10.1. The van der Waals surface area contributed by atoms with Gasteiger partial charge in [-0.15, -0.1) is 0 Å². The minimum atomic E-state index is -2.93. The van der Waals surface area contributed by atoms with Crippen molar-refractivity contribution < 1.29 is 13.2 Å². The largest absolute Gasteiger partial charge is 0.341 e. The molecule has 2 aliphatic rings. The van der Waals surface area contributed by atoms with Crippen molar-refractivity contribution >= 4 is 15.7 Å². The van der Waals surface area contributed by atoms with Crippen LogP contribution in [0.25, 0.3) is 0 Å². The molecule has 1 atom stereocenters. The Bertz CT molecular complexity index is 719. The number of hydrogen-bond acceptors (Lipinski definition) is 4. The van der Waals surface area contributed by atoms with Gasteiger partial charge < -0.3 is 4.90 Å². The molecule has 1 amide bonds. The van der Waals surface area contributed by atoms with Gasteiger partial charge in [-0.3, -0.25) is 9.48 Å². The fraction of sp³-hybridized carbons (Fsp3) is 0.750. The van der Waals surface area contributed by atoms with E-state index in [1.807, 2.05) is 25.6 Å². The first-order valence-electron chi connectivity index (χ1n) is 8.28. The maximum atomic E-state index is 12.3. The Morgan fingerprint density at radius 2 is 2.00 bits per heavy atom. The van der Waals surface area contributed by atoms with Crippen LogP contribution in [0.4, 0.5) is 0 Å². The molecule has 0 aromatic carbocycles. The monoisotopic (exact) mass is 339 g/mol. The second kappa shape index (κ2) is 5.92. The zero-order chi connectivity index (χ0) is 16.8. The average Bonchev–Trinajstić information content (AvgIpc) is 2.90. The molecule has 2 heterocycles. The molecule has 1 aliphatic carbocycles. The molecule has 0 unspecified atom stereocenters. The van der Waals surface area contributed by atoms with Gasteiger partial charge in [0, 0.05) is 30.8 Å². The lowest BCUT2D eigenvalue weighted by Crippen LogP contribution is -2.36. The van der Waals surface area contributed by atoms with Gasteiger partial charge in [-0.05, 0) is 33.1 Å². The van der Waals surface area contributed by atoms with E-state index in [4.69, 9.17) is 0 Å². The molecule has 0 radical (unpaired) electrons. The highest BCUT2D eigenvalue weighted by Gasteiger charge is 2.32. The van der Waals surface area contributed by atoms with E-state index < -0.39 is 9.84 Å². The van der Waals surface area contributed by atoms with Crippen LogP contribution in [0.2, 0.25) is 0 Å². The number of aromatic nitrogens is 2. The summed E-state index contributed by atoms with van der Waals surface area (Å²) in [5, 5.41) is 4.56. The molecule has 128 valence electrons. The smallest absolute Gasteiger partial charge is 0.225 e. The van der Waals surface area contributed by atoms with E-state index in [2.05, 4.69) is 5.10 Å². The standard InChI is InChI=1S/C16H25N3O3S/c1-11-15(9-18(3)16(20)13-5-4-6-13)12(2)19(17-11)14-7-8-23(21,22)10-14/h13-14H,4-10H2,1-3H3/t14-/m1/s1. The van der Waals surface area contributed by atoms with Gasteiger partial charge in [-0.2, -0.15) is 5.10 Å². The number of carbonyl (C=O) groups excluding carboxylic acids is 1. The number of carbonyl (C=O) groups is 1. The molecular formula is C16H25N3O3S. The van der Waals surface area contributed by atoms with Gasteiger partial charge in [0.1, 0.15) is 0 Å². The predicted molar refractivity (Wildman–Crippen MR) is 87.8 cm³/mol. The zero-order valence-electron chi connectivity index (χ0n) is 14.1. The molecule has 1 aromatic heterocycles. The van der Waals surface area contributed by atoms with Crippen LogP contribution in [-0.4, -0.2) is 47.6 Å². The normalized spacial score (nSPS) is 23.7. The summed E-state index contributed by atoms with van der Waals surface area (Å²) in [6.07, 6.45) is 3.78. The molecule has 3 rings (SSSR count). The Labute approximate surface area is 137 Å². The summed E-state index contributed by atoms with van der Waals surface area (Å²) in [4.78, 5) is 14.1. The number of amides is 1. The fourth-order valence-corrected chi connectivity index (χ4v) is 5.22. The van der Waals surface area contributed by atoms with Crippen molar-refractivity contribution in [2.24, 2.45) is 5.92 Å². The van der Waals surface area contributed by atoms with Crippen molar-refractivity contribution in [1.82, 2.24) is 14.7 Å². The second-order valence-corrected chi connectivity index (χ2v) is 9.20. The van der Waals surface area contributed by atoms with Crippen LogP contribution in [-0.2, 0) is 21.2 Å². The van der Waals surface area contributed by atoms with Crippen molar-refractivity contribution in [2.75, 3.05) is 18.6 Å². The van der Waals surface area contributed by atoms with Gasteiger partial charge in [0.05, 0.1) is 23.2 Å². The molecule has 1 saturated carbocycles. The summed E-state index contributed by atoms with van der Waals surface area (Å²) in [6, 6.07) is -0.0694. The molecule has 1 aromatic rings. The first kappa shape index (κ1) is 16.5. The lowest BCUT2D eigenvalue weighted by atomic mass is 9.84. The van der Waals surface area contributed by atoms with Crippen LogP contribution in [0.1, 0.15) is 48.7 Å². The highest BCUT2D eigenvalue weighted by molar-refractivity contribution is 7.91. The third kappa shape index (κ3) is 3.16. The second-order valence-electron chi connectivity index (χ2n) is 6.97. The van der Waals surface area contributed by atoms with Crippen molar-refractivity contribution in [3.05, 3.63) is 17.0 Å². The van der Waals surface area contributed by atoms with Crippen LogP contribution >= 0.6 is 0 Å². The predicted octanol–water partition coefficient (Wildman–Crippen LogP) is 1.62. The topological polar surface area (TPSA) is 72.3 Å². The summed E-state index contributed by atoms with van der Waals surface area (Å²) in [5.41, 5.74) is 2.92. The van der Waals surface area contributed by atoms with Crippen molar-refractivity contribution in [3.63, 3.8) is 0 Å². The molecule has 0 bridgehead atoms. The molecule has 0 N–H and O–H groups in total. The van der Waals surface area contributed by atoms with Crippen molar-refractivity contribution in [3.8, 4) is 0 Å². The average molecular weight is 339 g/mol. The van der Waals surface area contributed by atoms with Gasteiger partial charge in [0.25, 0.3) is 0 Å². The van der Waals surface area contributed by atoms with E-state index >= 15 is 0 Å². The molecular weight excluding hydrogens is 314 g/mol. The minimum absolute atomic E-state index is 0.0694. The maximum Gasteiger partial charge on any atom is 0.225 e. The van der Waals surface area contributed by atoms with E-state index in [0.717, 1.165) is 36.2 Å². The van der Waals surface area contributed by atoms with Gasteiger partial charge in [-0.25, -0.2) is 8.42 Å². The van der Waals surface area contributed by atoms with E-state index in [0.29, 0.717) is 13.0 Å². The molecule has 2 fully saturated rings. The van der Waals surface area contributed by atoms with E-state index in [1.54, 1.807) is 4.90 Å². The van der Waals surface area contributed by atoms with Gasteiger partial charge in [-0.1, -0.05) is 6.42 Å². The third-order valence-corrected chi connectivity index (χ3v) is 7.01. The Morgan fingerprint density at radius 3 is 2.52 bits per heavy atom.